The summed E-state index contributed by atoms with van der Waals surface area (Å²) in [5, 5.41) is 0. The number of carbonyl (C=O) groups excluding carboxylic acids is 1. The number of rotatable bonds is 15. The summed E-state index contributed by atoms with van der Waals surface area (Å²) in [7, 11) is 0. The number of unbranched alkanes of at least 4 members (excludes halogenated alkanes) is 8. The average molecular weight is 387 g/mol. The van der Waals surface area contributed by atoms with E-state index >= 15 is 0 Å². The molecule has 0 saturated carbocycles. The molecule has 1 aliphatic rings. The number of aryl methyl sites for hydroxylation is 1. The van der Waals surface area contributed by atoms with Crippen LogP contribution in [0.15, 0.2) is 36.4 Å². The molecule has 28 heavy (non-hydrogen) atoms. The van der Waals surface area contributed by atoms with E-state index in [1.54, 1.807) is 6.92 Å². The van der Waals surface area contributed by atoms with Crippen LogP contribution in [0.2, 0.25) is 0 Å². The molecule has 1 heterocycles. The van der Waals surface area contributed by atoms with Gasteiger partial charge in [-0.05, 0) is 37.8 Å². The number of hydrogen-bond acceptors (Lipinski definition) is 3. The van der Waals surface area contributed by atoms with Gasteiger partial charge in [0.25, 0.3) is 0 Å². The lowest BCUT2D eigenvalue weighted by Crippen LogP contribution is -2.10. The maximum Gasteiger partial charge on any atom is 0.338 e. The number of hydrogen-bond donors (Lipinski definition) is 0. The maximum absolute atomic E-state index is 11.8. The number of carbonyl (C=O) groups is 1. The first-order valence-electron chi connectivity index (χ1n) is 11.2. The Labute approximate surface area is 171 Å². The highest BCUT2D eigenvalue weighted by Gasteiger charge is 2.37. The second-order valence-electron chi connectivity index (χ2n) is 8.15. The Morgan fingerprint density at radius 1 is 0.964 bits per heavy atom. The van der Waals surface area contributed by atoms with Gasteiger partial charge in [0.15, 0.2) is 0 Å². The lowest BCUT2D eigenvalue weighted by Gasteiger charge is -2.09. The predicted molar refractivity (Wildman–Crippen MR) is 116 cm³/mol. The zero-order chi connectivity index (χ0) is 20.2. The normalized spacial score (nSPS) is 18.1. The van der Waals surface area contributed by atoms with E-state index in [4.69, 9.17) is 9.47 Å². The molecule has 2 rings (SSSR count). The van der Waals surface area contributed by atoms with Gasteiger partial charge in [-0.1, -0.05) is 89.5 Å². The molecule has 3 heteroatoms. The van der Waals surface area contributed by atoms with Gasteiger partial charge >= 0.3 is 5.97 Å². The Kier molecular flexibility index (Phi) is 10.3. The molecule has 0 spiro atoms. The fourth-order valence-electron chi connectivity index (χ4n) is 3.64. The van der Waals surface area contributed by atoms with Crippen LogP contribution in [-0.2, 0) is 16.0 Å². The Hall–Kier alpha value is -1.61. The van der Waals surface area contributed by atoms with Crippen LogP contribution in [-0.4, -0.2) is 18.2 Å². The third kappa shape index (κ3) is 8.60. The molecule has 2 unspecified atom stereocenters. The maximum atomic E-state index is 11.8. The SMILES string of the molecule is C=C(C)C(=O)Oc1ccccc1CCC1OC1CCCCCCCCCCC. The van der Waals surface area contributed by atoms with Crippen LogP contribution in [0.3, 0.4) is 0 Å². The summed E-state index contributed by atoms with van der Waals surface area (Å²) >= 11 is 0. The first-order chi connectivity index (χ1) is 13.6. The zero-order valence-electron chi connectivity index (χ0n) is 17.9. The molecule has 0 N–H and O–H groups in total. The van der Waals surface area contributed by atoms with Gasteiger partial charge in [-0.25, -0.2) is 4.79 Å². The topological polar surface area (TPSA) is 38.8 Å². The van der Waals surface area contributed by atoms with E-state index in [1.807, 2.05) is 24.3 Å². The van der Waals surface area contributed by atoms with Crippen molar-refractivity contribution in [1.29, 1.82) is 0 Å². The van der Waals surface area contributed by atoms with Gasteiger partial charge in [-0.15, -0.1) is 0 Å². The third-order valence-electron chi connectivity index (χ3n) is 5.50. The minimum atomic E-state index is -0.363. The standard InChI is InChI=1S/C25H38O3/c1-4-5-6-7-8-9-10-11-12-17-23-24(27-23)19-18-21-15-13-14-16-22(21)28-25(26)20(2)3/h13-16,23-24H,2,4-12,17-19H2,1,3H3. The Morgan fingerprint density at radius 3 is 2.25 bits per heavy atom. The van der Waals surface area contributed by atoms with Crippen LogP contribution in [0.1, 0.15) is 90.0 Å². The van der Waals surface area contributed by atoms with Crippen LogP contribution in [0.25, 0.3) is 0 Å². The fourth-order valence-corrected chi connectivity index (χ4v) is 3.64. The van der Waals surface area contributed by atoms with Gasteiger partial charge in [-0.2, -0.15) is 0 Å². The minimum Gasteiger partial charge on any atom is -0.423 e. The second-order valence-corrected chi connectivity index (χ2v) is 8.15. The molecule has 1 fully saturated rings. The highest BCUT2D eigenvalue weighted by molar-refractivity contribution is 5.88. The second kappa shape index (κ2) is 12.8. The summed E-state index contributed by atoms with van der Waals surface area (Å²) in [6.07, 6.45) is 16.2. The summed E-state index contributed by atoms with van der Waals surface area (Å²) < 4.78 is 11.3. The highest BCUT2D eigenvalue weighted by Crippen LogP contribution is 2.32. The lowest BCUT2D eigenvalue weighted by atomic mass is 10.0. The van der Waals surface area contributed by atoms with Crippen molar-refractivity contribution in [3.8, 4) is 5.75 Å². The third-order valence-corrected chi connectivity index (χ3v) is 5.50. The molecular weight excluding hydrogens is 348 g/mol. The van der Waals surface area contributed by atoms with Crippen molar-refractivity contribution in [3.63, 3.8) is 0 Å². The minimum absolute atomic E-state index is 0.363. The molecule has 0 bridgehead atoms. The van der Waals surface area contributed by atoms with E-state index in [0.29, 0.717) is 23.5 Å². The number of para-hydroxylation sites is 1. The van der Waals surface area contributed by atoms with Gasteiger partial charge in [-0.3, -0.25) is 0 Å². The van der Waals surface area contributed by atoms with Crippen LogP contribution < -0.4 is 4.74 Å². The lowest BCUT2D eigenvalue weighted by molar-refractivity contribution is -0.130. The molecule has 0 radical (unpaired) electrons. The van der Waals surface area contributed by atoms with E-state index < -0.39 is 0 Å². The summed E-state index contributed by atoms with van der Waals surface area (Å²) in [4.78, 5) is 11.8. The average Bonchev–Trinajstić information content (AvgIpc) is 3.44. The van der Waals surface area contributed by atoms with Gasteiger partial charge in [0.05, 0.1) is 12.2 Å². The van der Waals surface area contributed by atoms with E-state index in [-0.39, 0.29) is 5.97 Å². The summed E-state index contributed by atoms with van der Waals surface area (Å²) in [5.74, 6) is 0.282. The summed E-state index contributed by atoms with van der Waals surface area (Å²) in [6.45, 7) is 7.58. The Bertz CT molecular complexity index is 608. The molecule has 1 aliphatic heterocycles. The Balaban J connectivity index is 1.56. The first kappa shape index (κ1) is 22.7. The molecule has 2 atom stereocenters. The van der Waals surface area contributed by atoms with Gasteiger partial charge < -0.3 is 9.47 Å². The van der Waals surface area contributed by atoms with E-state index in [9.17, 15) is 4.79 Å². The zero-order valence-corrected chi connectivity index (χ0v) is 17.9. The molecular formula is C25H38O3. The highest BCUT2D eigenvalue weighted by atomic mass is 16.6. The fraction of sp³-hybridized carbons (Fsp3) is 0.640. The van der Waals surface area contributed by atoms with Crippen LogP contribution in [0, 0.1) is 0 Å². The molecule has 1 aromatic carbocycles. The molecule has 156 valence electrons. The van der Waals surface area contributed by atoms with Crippen molar-refractivity contribution in [1.82, 2.24) is 0 Å². The van der Waals surface area contributed by atoms with Crippen LogP contribution in [0.5, 0.6) is 5.75 Å². The van der Waals surface area contributed by atoms with Crippen molar-refractivity contribution in [2.75, 3.05) is 0 Å². The van der Waals surface area contributed by atoms with Crippen molar-refractivity contribution in [2.24, 2.45) is 0 Å². The van der Waals surface area contributed by atoms with Crippen molar-refractivity contribution < 1.29 is 14.3 Å². The molecule has 1 saturated heterocycles. The smallest absolute Gasteiger partial charge is 0.338 e. The van der Waals surface area contributed by atoms with Crippen LogP contribution in [0.4, 0.5) is 0 Å². The summed E-state index contributed by atoms with van der Waals surface area (Å²) in [6, 6.07) is 7.76. The first-order valence-corrected chi connectivity index (χ1v) is 11.2. The molecule has 3 nitrogen and oxygen atoms in total. The van der Waals surface area contributed by atoms with E-state index in [2.05, 4.69) is 13.5 Å². The number of benzene rings is 1. The van der Waals surface area contributed by atoms with Gasteiger partial charge in [0.2, 0.25) is 0 Å². The quantitative estimate of drug-likeness (QED) is 0.109. The van der Waals surface area contributed by atoms with Crippen LogP contribution >= 0.6 is 0 Å². The largest absolute Gasteiger partial charge is 0.423 e. The molecule has 0 amide bonds. The molecule has 0 aliphatic carbocycles. The summed E-state index contributed by atoms with van der Waals surface area (Å²) in [5.41, 5.74) is 1.48. The molecule has 0 aromatic heterocycles. The predicted octanol–water partition coefficient (Wildman–Crippen LogP) is 6.79. The number of esters is 1. The number of ether oxygens (including phenoxy) is 2. The molecule has 1 aromatic rings. The van der Waals surface area contributed by atoms with Crippen molar-refractivity contribution in [2.45, 2.75) is 103 Å². The van der Waals surface area contributed by atoms with E-state index in [1.165, 1.54) is 64.2 Å². The number of epoxide rings is 1. The van der Waals surface area contributed by atoms with Gasteiger partial charge in [0.1, 0.15) is 5.75 Å². The van der Waals surface area contributed by atoms with Gasteiger partial charge in [0, 0.05) is 5.57 Å². The Morgan fingerprint density at radius 2 is 1.57 bits per heavy atom. The monoisotopic (exact) mass is 386 g/mol. The van der Waals surface area contributed by atoms with Crippen molar-refractivity contribution in [3.05, 3.63) is 42.0 Å². The van der Waals surface area contributed by atoms with Crippen molar-refractivity contribution >= 4 is 5.97 Å². The van der Waals surface area contributed by atoms with E-state index in [0.717, 1.165) is 18.4 Å².